The minimum absolute atomic E-state index is 0. The molecule has 1 radical (unpaired) electrons. The second kappa shape index (κ2) is 15.0. The predicted octanol–water partition coefficient (Wildman–Crippen LogP) is 4.40. The largest absolute Gasteiger partial charge is 0.421 e. The number of pyridine rings is 1. The summed E-state index contributed by atoms with van der Waals surface area (Å²) in [5, 5.41) is 7.65. The van der Waals surface area contributed by atoms with E-state index < -0.39 is 23.3 Å². The van der Waals surface area contributed by atoms with Crippen molar-refractivity contribution >= 4 is 0 Å². The van der Waals surface area contributed by atoms with E-state index in [1.165, 1.54) is 9.13 Å². The van der Waals surface area contributed by atoms with Gasteiger partial charge in [-0.3, -0.25) is 27.6 Å². The fourth-order valence-electron chi connectivity index (χ4n) is 3.98. The van der Waals surface area contributed by atoms with E-state index in [-0.39, 0.29) is 31.5 Å². The van der Waals surface area contributed by atoms with Crippen molar-refractivity contribution in [2.45, 2.75) is 34.6 Å². The van der Waals surface area contributed by atoms with Gasteiger partial charge in [0, 0.05) is 78.2 Å². The van der Waals surface area contributed by atoms with Crippen LogP contribution in [-0.2, 0) is 34.2 Å². The van der Waals surface area contributed by atoms with E-state index in [1.807, 2.05) is 60.0 Å². The van der Waals surface area contributed by atoms with Crippen LogP contribution in [0.3, 0.4) is 0 Å². The van der Waals surface area contributed by atoms with Crippen molar-refractivity contribution in [3.63, 3.8) is 0 Å². The van der Waals surface area contributed by atoms with Crippen molar-refractivity contribution in [1.29, 1.82) is 0 Å². The Morgan fingerprint density at radius 2 is 1.24 bits per heavy atom. The molecule has 0 aliphatic carbocycles. The average molecular weight is 794 g/mol. The van der Waals surface area contributed by atoms with Gasteiger partial charge in [-0.25, -0.2) is 0 Å². The van der Waals surface area contributed by atoms with Crippen molar-refractivity contribution < 1.29 is 46.8 Å². The summed E-state index contributed by atoms with van der Waals surface area (Å²) in [4.78, 5) is 8.19. The van der Waals surface area contributed by atoms with E-state index in [1.54, 1.807) is 22.3 Å². The Morgan fingerprint density at radius 3 is 1.58 bits per heavy atom. The van der Waals surface area contributed by atoms with Gasteiger partial charge in [-0.1, -0.05) is 6.07 Å². The molecule has 0 amide bonds. The first-order valence-electron chi connectivity index (χ1n) is 13.3. The fourth-order valence-corrected chi connectivity index (χ4v) is 3.98. The van der Waals surface area contributed by atoms with E-state index in [0.717, 1.165) is 52.7 Å². The third-order valence-electron chi connectivity index (χ3n) is 6.80. The molecule has 0 atom stereocenters. The quantitative estimate of drug-likeness (QED) is 0.152. The molecular weight excluding hydrogens is 765 g/mol. The molecule has 13 heteroatoms. The van der Waals surface area contributed by atoms with E-state index in [0.29, 0.717) is 11.6 Å². The van der Waals surface area contributed by atoms with Gasteiger partial charge < -0.3 is 28.4 Å². The number of imidazole rings is 2. The maximum Gasteiger partial charge on any atom is 0.241 e. The van der Waals surface area contributed by atoms with Crippen molar-refractivity contribution in [3.8, 4) is 22.9 Å². The minimum atomic E-state index is -0.644. The molecule has 4 heterocycles. The van der Waals surface area contributed by atoms with Gasteiger partial charge in [0.05, 0.1) is 19.8 Å². The summed E-state index contributed by atoms with van der Waals surface area (Å²) in [6.07, 6.45) is 7.57. The Labute approximate surface area is 272 Å². The predicted molar refractivity (Wildman–Crippen MR) is 151 cm³/mol. The molecule has 0 aliphatic heterocycles. The van der Waals surface area contributed by atoms with Gasteiger partial charge in [0.15, 0.2) is 0 Å². The Kier molecular flexibility index (Phi) is 11.7. The van der Waals surface area contributed by atoms with Crippen LogP contribution in [0.15, 0.2) is 48.7 Å². The number of nitrogens with zero attached hydrogens (tertiary/aromatic N) is 8. The first-order valence-corrected chi connectivity index (χ1v) is 13.3. The van der Waals surface area contributed by atoms with Crippen LogP contribution < -0.4 is 14.2 Å². The summed E-state index contributed by atoms with van der Waals surface area (Å²) in [5.41, 5.74) is 4.77. The average Bonchev–Trinajstić information content (AvgIpc) is 3.62. The summed E-state index contributed by atoms with van der Waals surface area (Å²) in [7, 11) is 3.64. The van der Waals surface area contributed by atoms with Crippen LogP contribution in [0.2, 0.25) is 0 Å². The molecule has 237 valence electrons. The second-order valence-electron chi connectivity index (χ2n) is 9.76. The standard InChI is InChI=1S/2C12H11F2N2.C8H7N4.Ir/c2*1-8-9(2)16(7-15(8)3)12-5-4-10(13)6-11(12)14;1-6-10-8(12-11-6)7-4-2-3-5-9-7;/h2*4,6H,1-3H3;2-5H,1H3;/q3*-1;. The van der Waals surface area contributed by atoms with E-state index in [9.17, 15) is 17.6 Å². The minimum Gasteiger partial charge on any atom is -0.421 e. The molecule has 0 saturated carbocycles. The first-order chi connectivity index (χ1) is 20.9. The summed E-state index contributed by atoms with van der Waals surface area (Å²) < 4.78 is 59.2. The molecule has 4 aromatic heterocycles. The number of rotatable bonds is 3. The number of hydrogen-bond acceptors (Lipinski definition) is 3. The SMILES string of the molecule is Cc1c(C)[n+](C)[c-]n1-c1[c-]cc(F)cc1F.Cc1c(C)[n+](C)[c-]n1-c1[c-]cc(F)cc1F.Cc1n[n-]c(-c2ccccn2)n1.[Ir]. The fraction of sp³-hybridized carbons (Fsp3) is 0.219. The molecule has 45 heavy (non-hydrogen) atoms. The van der Waals surface area contributed by atoms with Gasteiger partial charge in [-0.2, -0.15) is 12.1 Å². The summed E-state index contributed by atoms with van der Waals surface area (Å²) >= 11 is 0. The number of aromatic nitrogens is 8. The van der Waals surface area contributed by atoms with Crippen molar-refractivity contribution in [3.05, 3.63) is 125 Å². The van der Waals surface area contributed by atoms with Crippen molar-refractivity contribution in [1.82, 2.24) is 29.3 Å². The topological polar surface area (TPSA) is 70.4 Å². The molecule has 0 fully saturated rings. The van der Waals surface area contributed by atoms with Gasteiger partial charge in [-0.05, 0) is 64.0 Å². The van der Waals surface area contributed by atoms with Crippen LogP contribution >= 0.6 is 0 Å². The molecular formula is C32H29F4IrN8-3. The number of halogens is 4. The molecule has 8 nitrogen and oxygen atoms in total. The second-order valence-corrected chi connectivity index (χ2v) is 9.76. The van der Waals surface area contributed by atoms with Crippen molar-refractivity contribution in [2.24, 2.45) is 14.1 Å². The molecule has 0 spiro atoms. The van der Waals surface area contributed by atoms with Crippen LogP contribution in [0.1, 0.15) is 28.6 Å². The zero-order chi connectivity index (χ0) is 32.1. The molecule has 0 unspecified atom stereocenters. The van der Waals surface area contributed by atoms with Gasteiger partial charge >= 0.3 is 0 Å². The van der Waals surface area contributed by atoms with Crippen LogP contribution in [0, 0.1) is 82.7 Å². The molecule has 6 rings (SSSR count). The van der Waals surface area contributed by atoms with Crippen LogP contribution in [0.4, 0.5) is 17.6 Å². The zero-order valence-electron chi connectivity index (χ0n) is 25.5. The molecule has 0 bridgehead atoms. The summed E-state index contributed by atoms with van der Waals surface area (Å²) in [5.74, 6) is -1.28. The van der Waals surface area contributed by atoms with Gasteiger partial charge in [0.25, 0.3) is 0 Å². The Morgan fingerprint density at radius 1 is 0.756 bits per heavy atom. The molecule has 0 N–H and O–H groups in total. The van der Waals surface area contributed by atoms with E-state index >= 15 is 0 Å². The maximum atomic E-state index is 13.5. The first kappa shape index (κ1) is 35.0. The van der Waals surface area contributed by atoms with Gasteiger partial charge in [0.1, 0.15) is 0 Å². The summed E-state index contributed by atoms with van der Waals surface area (Å²) in [6.45, 7) is 9.32. The zero-order valence-corrected chi connectivity index (χ0v) is 27.9. The smallest absolute Gasteiger partial charge is 0.241 e. The summed E-state index contributed by atoms with van der Waals surface area (Å²) in [6, 6.07) is 14.7. The Bertz CT molecular complexity index is 1800. The Balaban J connectivity index is 0.000000184. The third kappa shape index (κ3) is 8.17. The Hall–Kier alpha value is -4.48. The van der Waals surface area contributed by atoms with Gasteiger partial charge in [0.2, 0.25) is 12.7 Å². The number of hydrogen-bond donors (Lipinski definition) is 0. The maximum absolute atomic E-state index is 13.5. The van der Waals surface area contributed by atoms with Crippen molar-refractivity contribution in [2.75, 3.05) is 0 Å². The molecule has 0 saturated heterocycles. The molecule has 0 aliphatic rings. The van der Waals surface area contributed by atoms with Crippen LogP contribution in [-0.4, -0.2) is 24.2 Å². The monoisotopic (exact) mass is 794 g/mol. The van der Waals surface area contributed by atoms with E-state index in [4.69, 9.17) is 0 Å². The third-order valence-corrected chi connectivity index (χ3v) is 6.80. The van der Waals surface area contributed by atoms with Crippen LogP contribution in [0.25, 0.3) is 22.9 Å². The molecule has 2 aromatic carbocycles. The molecule has 6 aromatic rings. The number of aryl methyl sites for hydroxylation is 3. The van der Waals surface area contributed by atoms with Crippen LogP contribution in [0.5, 0.6) is 0 Å². The normalized spacial score (nSPS) is 10.4. The van der Waals surface area contributed by atoms with E-state index in [2.05, 4.69) is 45.0 Å². The number of benzene rings is 2. The van der Waals surface area contributed by atoms with Gasteiger partial charge in [-0.15, -0.1) is 24.3 Å².